The maximum atomic E-state index is 12.3. The van der Waals surface area contributed by atoms with Crippen LogP contribution in [0, 0.1) is 5.92 Å². The average molecular weight is 350 g/mol. The van der Waals surface area contributed by atoms with Gasteiger partial charge in [-0.2, -0.15) is 4.98 Å². The monoisotopic (exact) mass is 350 g/mol. The summed E-state index contributed by atoms with van der Waals surface area (Å²) in [6.45, 7) is 6.84. The molecule has 1 aromatic rings. The molecule has 1 aromatic heterocycles. The molecule has 8 nitrogen and oxygen atoms in total. The third kappa shape index (κ3) is 4.93. The van der Waals surface area contributed by atoms with Crippen molar-refractivity contribution in [3.8, 4) is 0 Å². The van der Waals surface area contributed by atoms with E-state index < -0.39 is 5.60 Å². The Morgan fingerprint density at radius 2 is 1.92 bits per heavy atom. The highest BCUT2D eigenvalue weighted by atomic mass is 16.6. The fourth-order valence-corrected chi connectivity index (χ4v) is 2.80. The Morgan fingerprint density at radius 3 is 2.52 bits per heavy atom. The molecule has 1 aliphatic carbocycles. The van der Waals surface area contributed by atoms with Crippen molar-refractivity contribution in [1.29, 1.82) is 0 Å². The summed E-state index contributed by atoms with van der Waals surface area (Å²) in [5.74, 6) is 1.49. The lowest BCUT2D eigenvalue weighted by Crippen LogP contribution is -2.44. The van der Waals surface area contributed by atoms with Gasteiger partial charge < -0.3 is 19.5 Å². The fourth-order valence-electron chi connectivity index (χ4n) is 2.80. The van der Waals surface area contributed by atoms with Gasteiger partial charge in [-0.25, -0.2) is 4.79 Å². The van der Waals surface area contributed by atoms with E-state index in [2.05, 4.69) is 15.5 Å². The van der Waals surface area contributed by atoms with Crippen LogP contribution in [0.4, 0.5) is 4.79 Å². The van der Waals surface area contributed by atoms with Crippen LogP contribution in [0.3, 0.4) is 0 Å². The van der Waals surface area contributed by atoms with Crippen molar-refractivity contribution in [2.24, 2.45) is 5.92 Å². The van der Waals surface area contributed by atoms with Crippen molar-refractivity contribution >= 4 is 12.0 Å². The summed E-state index contributed by atoms with van der Waals surface area (Å²) >= 11 is 0. The molecule has 0 bridgehead atoms. The normalized spacial score (nSPS) is 18.9. The number of rotatable bonds is 4. The van der Waals surface area contributed by atoms with Gasteiger partial charge in [0.2, 0.25) is 11.8 Å². The molecule has 1 saturated heterocycles. The van der Waals surface area contributed by atoms with Gasteiger partial charge in [0.1, 0.15) is 5.60 Å². The van der Waals surface area contributed by atoms with Crippen LogP contribution < -0.4 is 5.32 Å². The molecule has 0 unspecified atom stereocenters. The predicted octanol–water partition coefficient (Wildman–Crippen LogP) is 2.21. The van der Waals surface area contributed by atoms with E-state index in [0.29, 0.717) is 37.7 Å². The van der Waals surface area contributed by atoms with E-state index >= 15 is 0 Å². The Balaban J connectivity index is 1.41. The summed E-state index contributed by atoms with van der Waals surface area (Å²) in [5.41, 5.74) is -0.505. The van der Waals surface area contributed by atoms with Crippen molar-refractivity contribution in [3.63, 3.8) is 0 Å². The summed E-state index contributed by atoms with van der Waals surface area (Å²) in [7, 11) is 0. The Kier molecular flexibility index (Phi) is 4.96. The second-order valence-electron chi connectivity index (χ2n) is 7.78. The maximum Gasteiger partial charge on any atom is 0.410 e. The van der Waals surface area contributed by atoms with Crippen LogP contribution in [0.15, 0.2) is 4.52 Å². The third-order valence-electron chi connectivity index (χ3n) is 4.36. The lowest BCUT2D eigenvalue weighted by molar-refractivity contribution is -0.126. The average Bonchev–Trinajstić information content (AvgIpc) is 3.30. The summed E-state index contributed by atoms with van der Waals surface area (Å²) in [5, 5.41) is 6.79. The van der Waals surface area contributed by atoms with Crippen LogP contribution in [0.25, 0.3) is 0 Å². The van der Waals surface area contributed by atoms with Crippen molar-refractivity contribution in [2.45, 2.75) is 64.5 Å². The number of hydrogen-bond donors (Lipinski definition) is 1. The van der Waals surface area contributed by atoms with Crippen LogP contribution in [0.5, 0.6) is 0 Å². The van der Waals surface area contributed by atoms with E-state index in [9.17, 15) is 9.59 Å². The molecular formula is C17H26N4O4. The summed E-state index contributed by atoms with van der Waals surface area (Å²) < 4.78 is 10.5. The number of carbonyl (C=O) groups is 2. The summed E-state index contributed by atoms with van der Waals surface area (Å²) in [4.78, 5) is 30.3. The first-order valence-electron chi connectivity index (χ1n) is 8.90. The fraction of sp³-hybridized carbons (Fsp3) is 0.765. The zero-order chi connectivity index (χ0) is 18.0. The largest absolute Gasteiger partial charge is 0.444 e. The van der Waals surface area contributed by atoms with E-state index in [4.69, 9.17) is 9.26 Å². The summed E-state index contributed by atoms with van der Waals surface area (Å²) in [6, 6.07) is 0. The molecule has 1 N–H and O–H groups in total. The molecule has 8 heteroatoms. The molecule has 0 spiro atoms. The van der Waals surface area contributed by atoms with Gasteiger partial charge in [0, 0.05) is 24.9 Å². The van der Waals surface area contributed by atoms with E-state index in [-0.39, 0.29) is 24.5 Å². The predicted molar refractivity (Wildman–Crippen MR) is 88.7 cm³/mol. The lowest BCUT2D eigenvalue weighted by atomic mass is 9.96. The highest BCUT2D eigenvalue weighted by Gasteiger charge is 2.31. The Labute approximate surface area is 147 Å². The first-order chi connectivity index (χ1) is 11.8. The van der Waals surface area contributed by atoms with Crippen molar-refractivity contribution in [3.05, 3.63) is 11.7 Å². The molecule has 3 rings (SSSR count). The Morgan fingerprint density at radius 1 is 1.24 bits per heavy atom. The number of aromatic nitrogens is 2. The van der Waals surface area contributed by atoms with Gasteiger partial charge in [-0.3, -0.25) is 4.79 Å². The molecule has 2 aliphatic rings. The summed E-state index contributed by atoms with van der Waals surface area (Å²) in [6.07, 6.45) is 3.16. The zero-order valence-corrected chi connectivity index (χ0v) is 15.1. The molecule has 2 amide bonds. The molecule has 25 heavy (non-hydrogen) atoms. The van der Waals surface area contributed by atoms with Gasteiger partial charge in [-0.05, 0) is 46.5 Å². The number of carbonyl (C=O) groups excluding carboxylic acids is 2. The quantitative estimate of drug-likeness (QED) is 0.894. The van der Waals surface area contributed by atoms with Crippen LogP contribution in [0.1, 0.15) is 64.1 Å². The highest BCUT2D eigenvalue weighted by molar-refractivity contribution is 5.79. The molecule has 2 fully saturated rings. The lowest BCUT2D eigenvalue weighted by Gasteiger charge is -2.32. The standard InChI is InChI=1S/C17H26N4O4/c1-17(2,3)24-16(23)21-8-6-12(7-9-21)15(22)18-10-13-19-14(20-25-13)11-4-5-11/h11-12H,4-10H2,1-3H3,(H,18,22). The molecule has 1 saturated carbocycles. The van der Waals surface area contributed by atoms with Gasteiger partial charge in [-0.15, -0.1) is 0 Å². The van der Waals surface area contributed by atoms with E-state index in [0.717, 1.165) is 18.7 Å². The maximum absolute atomic E-state index is 12.3. The minimum atomic E-state index is -0.505. The Hall–Kier alpha value is -2.12. The van der Waals surface area contributed by atoms with Gasteiger partial charge in [0.15, 0.2) is 5.82 Å². The SMILES string of the molecule is CC(C)(C)OC(=O)N1CCC(C(=O)NCc2nc(C3CC3)no2)CC1. The molecule has 0 atom stereocenters. The van der Waals surface area contributed by atoms with Crippen molar-refractivity contribution < 1.29 is 18.8 Å². The molecular weight excluding hydrogens is 324 g/mol. The van der Waals surface area contributed by atoms with Gasteiger partial charge in [0.05, 0.1) is 6.54 Å². The first-order valence-corrected chi connectivity index (χ1v) is 8.90. The molecule has 0 radical (unpaired) electrons. The number of ether oxygens (including phenoxy) is 1. The topological polar surface area (TPSA) is 97.6 Å². The molecule has 138 valence electrons. The van der Waals surface area contributed by atoms with Gasteiger partial charge in [-0.1, -0.05) is 5.16 Å². The zero-order valence-electron chi connectivity index (χ0n) is 15.1. The van der Waals surface area contributed by atoms with Crippen LogP contribution >= 0.6 is 0 Å². The van der Waals surface area contributed by atoms with Gasteiger partial charge >= 0.3 is 6.09 Å². The third-order valence-corrected chi connectivity index (χ3v) is 4.36. The Bertz CT molecular complexity index is 625. The number of likely N-dealkylation sites (tertiary alicyclic amines) is 1. The molecule has 1 aliphatic heterocycles. The number of nitrogens with one attached hydrogen (secondary N) is 1. The van der Waals surface area contributed by atoms with Gasteiger partial charge in [0.25, 0.3) is 0 Å². The first kappa shape index (κ1) is 17.7. The molecule has 0 aromatic carbocycles. The van der Waals surface area contributed by atoms with E-state index in [1.165, 1.54) is 0 Å². The number of amides is 2. The van der Waals surface area contributed by atoms with Crippen LogP contribution in [-0.4, -0.2) is 45.7 Å². The second-order valence-corrected chi connectivity index (χ2v) is 7.78. The number of piperidine rings is 1. The highest BCUT2D eigenvalue weighted by Crippen LogP contribution is 2.38. The van der Waals surface area contributed by atoms with Crippen LogP contribution in [-0.2, 0) is 16.1 Å². The molecule has 2 heterocycles. The van der Waals surface area contributed by atoms with E-state index in [1.54, 1.807) is 4.90 Å². The minimum Gasteiger partial charge on any atom is -0.444 e. The van der Waals surface area contributed by atoms with Crippen molar-refractivity contribution in [2.75, 3.05) is 13.1 Å². The minimum absolute atomic E-state index is 0.0324. The van der Waals surface area contributed by atoms with Crippen LogP contribution in [0.2, 0.25) is 0 Å². The van der Waals surface area contributed by atoms with Crippen molar-refractivity contribution in [1.82, 2.24) is 20.4 Å². The number of hydrogen-bond acceptors (Lipinski definition) is 6. The number of nitrogens with zero attached hydrogens (tertiary/aromatic N) is 3. The van der Waals surface area contributed by atoms with E-state index in [1.807, 2.05) is 20.8 Å². The second kappa shape index (κ2) is 7.01. The smallest absolute Gasteiger partial charge is 0.410 e.